The Kier molecular flexibility index (Phi) is 4.81. The fourth-order valence-electron chi connectivity index (χ4n) is 3.52. The third-order valence-corrected chi connectivity index (χ3v) is 5.16. The number of benzene rings is 2. The summed E-state index contributed by atoms with van der Waals surface area (Å²) in [6.07, 6.45) is 0. The topological polar surface area (TPSA) is 94.2 Å². The Labute approximate surface area is 171 Å². The van der Waals surface area contributed by atoms with E-state index in [-0.39, 0.29) is 11.3 Å². The highest BCUT2D eigenvalue weighted by atomic mass is 19.1. The van der Waals surface area contributed by atoms with Crippen LogP contribution in [0.25, 0.3) is 0 Å². The van der Waals surface area contributed by atoms with Crippen molar-refractivity contribution in [2.24, 2.45) is 0 Å². The number of fused-ring (bicyclic) bond motifs is 1. The molecule has 0 bridgehead atoms. The summed E-state index contributed by atoms with van der Waals surface area (Å²) in [5, 5.41) is 2.63. The Morgan fingerprint density at radius 2 is 1.90 bits per heavy atom. The molecular formula is C21H19FN2O6. The Hall–Kier alpha value is -3.62. The van der Waals surface area contributed by atoms with Crippen LogP contribution in [0, 0.1) is 5.82 Å². The van der Waals surface area contributed by atoms with Crippen molar-refractivity contribution in [1.82, 2.24) is 10.2 Å². The zero-order valence-electron chi connectivity index (χ0n) is 16.4. The summed E-state index contributed by atoms with van der Waals surface area (Å²) in [7, 11) is 1.34. The van der Waals surface area contributed by atoms with Crippen LogP contribution in [0.3, 0.4) is 0 Å². The molecule has 0 spiro atoms. The van der Waals surface area contributed by atoms with E-state index in [1.807, 2.05) is 0 Å². The third-order valence-electron chi connectivity index (χ3n) is 5.16. The number of nitrogens with one attached hydrogen (secondary N) is 1. The van der Waals surface area contributed by atoms with Gasteiger partial charge in [0.2, 0.25) is 0 Å². The molecule has 1 fully saturated rings. The SMILES string of the molecule is COc1ccc(F)cc1C(=O)CN1C(=O)NC(C)(c2ccc3c(c2)OCCO3)C1=O. The van der Waals surface area contributed by atoms with Gasteiger partial charge in [-0.2, -0.15) is 0 Å². The maximum atomic E-state index is 13.6. The number of hydrogen-bond donors (Lipinski definition) is 1. The fraction of sp³-hybridized carbons (Fsp3) is 0.286. The molecule has 2 aromatic rings. The Morgan fingerprint density at radius 1 is 1.17 bits per heavy atom. The normalized spacial score (nSPS) is 20.2. The lowest BCUT2D eigenvalue weighted by Gasteiger charge is -2.25. The van der Waals surface area contributed by atoms with Crippen molar-refractivity contribution in [3.8, 4) is 17.2 Å². The quantitative estimate of drug-likeness (QED) is 0.596. The first kappa shape index (κ1) is 19.7. The molecule has 2 aliphatic rings. The van der Waals surface area contributed by atoms with Crippen molar-refractivity contribution in [3.63, 3.8) is 0 Å². The number of urea groups is 1. The monoisotopic (exact) mass is 414 g/mol. The van der Waals surface area contributed by atoms with Gasteiger partial charge in [-0.15, -0.1) is 0 Å². The first-order valence-corrected chi connectivity index (χ1v) is 9.24. The Morgan fingerprint density at radius 3 is 2.63 bits per heavy atom. The molecule has 1 saturated heterocycles. The van der Waals surface area contributed by atoms with Crippen LogP contribution in [0.2, 0.25) is 0 Å². The molecule has 3 amide bonds. The molecule has 0 aliphatic carbocycles. The second kappa shape index (κ2) is 7.33. The van der Waals surface area contributed by atoms with E-state index in [1.54, 1.807) is 25.1 Å². The van der Waals surface area contributed by atoms with Gasteiger partial charge in [-0.25, -0.2) is 9.18 Å². The van der Waals surface area contributed by atoms with Gasteiger partial charge in [-0.3, -0.25) is 14.5 Å². The molecule has 0 radical (unpaired) electrons. The van der Waals surface area contributed by atoms with Crippen molar-refractivity contribution < 1.29 is 33.0 Å². The lowest BCUT2D eigenvalue weighted by molar-refractivity contribution is -0.130. The number of rotatable bonds is 5. The summed E-state index contributed by atoms with van der Waals surface area (Å²) >= 11 is 0. The molecular weight excluding hydrogens is 395 g/mol. The van der Waals surface area contributed by atoms with Gasteiger partial charge >= 0.3 is 6.03 Å². The molecule has 8 nitrogen and oxygen atoms in total. The molecule has 1 N–H and O–H groups in total. The second-order valence-corrected chi connectivity index (χ2v) is 7.07. The predicted octanol–water partition coefficient (Wildman–Crippen LogP) is 2.26. The van der Waals surface area contributed by atoms with Crippen molar-refractivity contribution >= 4 is 17.7 Å². The Bertz CT molecular complexity index is 1060. The molecule has 1 unspecified atom stereocenters. The van der Waals surface area contributed by atoms with Crippen LogP contribution in [0.15, 0.2) is 36.4 Å². The standard InChI is InChI=1S/C21H19FN2O6/c1-21(12-3-5-17-18(9-12)30-8-7-29-17)19(26)24(20(27)23-21)11-15(25)14-10-13(22)4-6-16(14)28-2/h3-6,9-10H,7-8,11H2,1-2H3,(H,23,27). The van der Waals surface area contributed by atoms with E-state index >= 15 is 0 Å². The van der Waals surface area contributed by atoms with Crippen molar-refractivity contribution in [3.05, 3.63) is 53.3 Å². The second-order valence-electron chi connectivity index (χ2n) is 7.07. The number of imide groups is 1. The summed E-state index contributed by atoms with van der Waals surface area (Å²) in [6, 6.07) is 7.72. The average molecular weight is 414 g/mol. The van der Waals surface area contributed by atoms with E-state index in [2.05, 4.69) is 5.32 Å². The number of Topliss-reactive ketones (excluding diaryl/α,β-unsaturated/α-hetero) is 1. The van der Waals surface area contributed by atoms with E-state index in [0.717, 1.165) is 17.0 Å². The molecule has 1 atom stereocenters. The molecule has 0 aromatic heterocycles. The molecule has 2 aliphatic heterocycles. The first-order valence-electron chi connectivity index (χ1n) is 9.24. The minimum absolute atomic E-state index is 0.0500. The zero-order chi connectivity index (χ0) is 21.5. The van der Waals surface area contributed by atoms with Gasteiger partial charge in [0.15, 0.2) is 17.3 Å². The van der Waals surface area contributed by atoms with E-state index in [9.17, 15) is 18.8 Å². The van der Waals surface area contributed by atoms with Gasteiger partial charge < -0.3 is 19.5 Å². The molecule has 2 heterocycles. The number of amides is 3. The third kappa shape index (κ3) is 3.22. The smallest absolute Gasteiger partial charge is 0.325 e. The number of carbonyl (C=O) groups is 3. The molecule has 2 aromatic carbocycles. The highest BCUT2D eigenvalue weighted by Crippen LogP contribution is 2.37. The number of ketones is 1. The molecule has 156 valence electrons. The summed E-state index contributed by atoms with van der Waals surface area (Å²) in [6.45, 7) is 1.80. The maximum Gasteiger partial charge on any atom is 0.325 e. The van der Waals surface area contributed by atoms with Gasteiger partial charge in [-0.1, -0.05) is 6.07 Å². The summed E-state index contributed by atoms with van der Waals surface area (Å²) in [5.41, 5.74) is -0.950. The highest BCUT2D eigenvalue weighted by molar-refractivity contribution is 6.11. The summed E-state index contributed by atoms with van der Waals surface area (Å²) in [5.74, 6) is -0.675. The molecule has 4 rings (SSSR count). The lowest BCUT2D eigenvalue weighted by Crippen LogP contribution is -2.41. The van der Waals surface area contributed by atoms with Crippen LogP contribution in [0.4, 0.5) is 9.18 Å². The number of hydrogen-bond acceptors (Lipinski definition) is 6. The van der Waals surface area contributed by atoms with Gasteiger partial charge in [0.05, 0.1) is 19.2 Å². The minimum atomic E-state index is -1.39. The molecule has 30 heavy (non-hydrogen) atoms. The van der Waals surface area contributed by atoms with Crippen LogP contribution < -0.4 is 19.5 Å². The zero-order valence-corrected chi connectivity index (χ0v) is 16.4. The predicted molar refractivity (Wildman–Crippen MR) is 102 cm³/mol. The van der Waals surface area contributed by atoms with Crippen molar-refractivity contribution in [2.45, 2.75) is 12.5 Å². The van der Waals surface area contributed by atoms with Gasteiger partial charge in [0.25, 0.3) is 5.91 Å². The van der Waals surface area contributed by atoms with Crippen molar-refractivity contribution in [1.29, 1.82) is 0 Å². The number of halogens is 1. The number of ether oxygens (including phenoxy) is 3. The van der Waals surface area contributed by atoms with Crippen molar-refractivity contribution in [2.75, 3.05) is 26.9 Å². The van der Waals surface area contributed by atoms with Gasteiger partial charge in [0.1, 0.15) is 30.3 Å². The highest BCUT2D eigenvalue weighted by Gasteiger charge is 2.50. The molecule has 9 heteroatoms. The average Bonchev–Trinajstić information content (AvgIpc) is 2.97. The molecule has 0 saturated carbocycles. The van der Waals surface area contributed by atoms with E-state index in [0.29, 0.717) is 30.3 Å². The largest absolute Gasteiger partial charge is 0.496 e. The number of carbonyl (C=O) groups excluding carboxylic acids is 3. The first-order chi connectivity index (χ1) is 14.3. The van der Waals surface area contributed by atoms with Gasteiger partial charge in [-0.05, 0) is 42.8 Å². The number of methoxy groups -OCH3 is 1. The lowest BCUT2D eigenvalue weighted by atomic mass is 9.91. The summed E-state index contributed by atoms with van der Waals surface area (Å²) in [4.78, 5) is 39.2. The maximum absolute atomic E-state index is 13.6. The summed E-state index contributed by atoms with van der Waals surface area (Å²) < 4.78 is 29.7. The van der Waals surface area contributed by atoms with Crippen LogP contribution in [-0.4, -0.2) is 49.5 Å². The van der Waals surface area contributed by atoms with Gasteiger partial charge in [0, 0.05) is 0 Å². The van der Waals surface area contributed by atoms with Crippen LogP contribution >= 0.6 is 0 Å². The minimum Gasteiger partial charge on any atom is -0.496 e. The van der Waals surface area contributed by atoms with E-state index in [1.165, 1.54) is 13.2 Å². The van der Waals surface area contributed by atoms with Crippen LogP contribution in [-0.2, 0) is 10.3 Å². The fourth-order valence-corrected chi connectivity index (χ4v) is 3.52. The van der Waals surface area contributed by atoms with Crippen LogP contribution in [0.5, 0.6) is 17.2 Å². The van der Waals surface area contributed by atoms with E-state index < -0.39 is 35.6 Å². The van der Waals surface area contributed by atoms with Crippen LogP contribution in [0.1, 0.15) is 22.8 Å². The van der Waals surface area contributed by atoms with E-state index in [4.69, 9.17) is 14.2 Å². The number of nitrogens with zero attached hydrogens (tertiary/aromatic N) is 1. The Balaban J connectivity index is 1.60.